The second-order valence-corrected chi connectivity index (χ2v) is 5.47. The van der Waals surface area contributed by atoms with Crippen molar-refractivity contribution in [3.05, 3.63) is 42.2 Å². The topological polar surface area (TPSA) is 24.9 Å². The van der Waals surface area contributed by atoms with Crippen LogP contribution in [0.5, 0.6) is 0 Å². The van der Waals surface area contributed by atoms with Crippen molar-refractivity contribution in [2.75, 3.05) is 12.8 Å². The lowest BCUT2D eigenvalue weighted by atomic mass is 10.1. The molecule has 1 aromatic heterocycles. The summed E-state index contributed by atoms with van der Waals surface area (Å²) in [5, 5.41) is 6.65. The molecule has 2 aromatic rings. The maximum Gasteiger partial charge on any atom is 0.0346 e. The number of benzene rings is 1. The van der Waals surface area contributed by atoms with E-state index in [4.69, 9.17) is 0 Å². The molecular formula is C14H18N2S. The highest BCUT2D eigenvalue weighted by Gasteiger charge is 2.02. The summed E-state index contributed by atoms with van der Waals surface area (Å²) < 4.78 is 0. The Hall–Kier alpha value is -1.06. The average Bonchev–Trinajstić information content (AvgIpc) is 2.39. The Morgan fingerprint density at radius 2 is 2.12 bits per heavy atom. The zero-order valence-electron chi connectivity index (χ0n) is 10.3. The van der Waals surface area contributed by atoms with Gasteiger partial charge in [0.05, 0.1) is 0 Å². The molecule has 0 amide bonds. The Balaban J connectivity index is 2.08. The average molecular weight is 246 g/mol. The van der Waals surface area contributed by atoms with E-state index in [1.807, 2.05) is 24.2 Å². The van der Waals surface area contributed by atoms with Crippen molar-refractivity contribution in [1.29, 1.82) is 0 Å². The number of hydrogen-bond donors (Lipinski definition) is 1. The first-order valence-corrected chi connectivity index (χ1v) is 7.15. The molecule has 17 heavy (non-hydrogen) atoms. The van der Waals surface area contributed by atoms with Crippen LogP contribution in [0.3, 0.4) is 0 Å². The van der Waals surface area contributed by atoms with Crippen LogP contribution < -0.4 is 5.32 Å². The van der Waals surface area contributed by atoms with Gasteiger partial charge in [0, 0.05) is 36.1 Å². The molecule has 1 aromatic carbocycles. The molecule has 2 nitrogen and oxygen atoms in total. The number of aromatic nitrogens is 1. The molecule has 0 aliphatic rings. The Kier molecular flexibility index (Phi) is 4.40. The predicted molar refractivity (Wildman–Crippen MR) is 76.4 cm³/mol. The van der Waals surface area contributed by atoms with Crippen LogP contribution in [-0.2, 0) is 6.54 Å². The van der Waals surface area contributed by atoms with Gasteiger partial charge in [-0.15, -0.1) is 0 Å². The Morgan fingerprint density at radius 3 is 2.94 bits per heavy atom. The molecular weight excluding hydrogens is 228 g/mol. The number of thioether (sulfide) groups is 1. The molecule has 1 N–H and O–H groups in total. The van der Waals surface area contributed by atoms with E-state index < -0.39 is 0 Å². The van der Waals surface area contributed by atoms with Gasteiger partial charge in [-0.1, -0.05) is 31.2 Å². The molecule has 0 saturated heterocycles. The molecule has 0 fully saturated rings. The van der Waals surface area contributed by atoms with Crippen LogP contribution in [0.1, 0.15) is 12.5 Å². The van der Waals surface area contributed by atoms with E-state index in [1.54, 1.807) is 0 Å². The molecule has 0 aliphatic heterocycles. The van der Waals surface area contributed by atoms with Crippen LogP contribution >= 0.6 is 11.8 Å². The number of nitrogens with one attached hydrogen (secondary N) is 1. The van der Waals surface area contributed by atoms with Crippen molar-refractivity contribution in [3.63, 3.8) is 0 Å². The minimum Gasteiger partial charge on any atom is -0.312 e. The maximum absolute atomic E-state index is 4.29. The molecule has 0 spiro atoms. The zero-order chi connectivity index (χ0) is 12.1. The molecule has 0 radical (unpaired) electrons. The fourth-order valence-electron chi connectivity index (χ4n) is 1.81. The zero-order valence-corrected chi connectivity index (χ0v) is 11.1. The van der Waals surface area contributed by atoms with Gasteiger partial charge in [-0.2, -0.15) is 11.8 Å². The molecule has 90 valence electrons. The molecule has 2 rings (SSSR count). The molecule has 3 heteroatoms. The minimum absolute atomic E-state index is 0.651. The van der Waals surface area contributed by atoms with Gasteiger partial charge in [-0.05, 0) is 17.2 Å². The summed E-state index contributed by atoms with van der Waals surface area (Å²) in [4.78, 5) is 4.29. The number of hydrogen-bond acceptors (Lipinski definition) is 3. The molecule has 0 saturated carbocycles. The van der Waals surface area contributed by atoms with E-state index in [0.29, 0.717) is 5.25 Å². The van der Waals surface area contributed by atoms with Gasteiger partial charge in [0.25, 0.3) is 0 Å². The van der Waals surface area contributed by atoms with Crippen LogP contribution in [0.15, 0.2) is 36.7 Å². The number of rotatable bonds is 5. The Labute approximate surface area is 107 Å². The molecule has 1 unspecified atom stereocenters. The SMILES string of the molecule is CSC(C)CNCc1cncc2ccccc12. The first-order valence-electron chi connectivity index (χ1n) is 5.86. The highest BCUT2D eigenvalue weighted by atomic mass is 32.2. The lowest BCUT2D eigenvalue weighted by molar-refractivity contribution is 0.686. The second kappa shape index (κ2) is 6.03. The van der Waals surface area contributed by atoms with E-state index >= 15 is 0 Å². The first-order chi connectivity index (χ1) is 8.31. The number of nitrogens with zero attached hydrogens (tertiary/aromatic N) is 1. The summed E-state index contributed by atoms with van der Waals surface area (Å²) in [6, 6.07) is 8.40. The summed E-state index contributed by atoms with van der Waals surface area (Å²) >= 11 is 1.89. The lowest BCUT2D eigenvalue weighted by Crippen LogP contribution is -2.22. The largest absolute Gasteiger partial charge is 0.312 e. The van der Waals surface area contributed by atoms with Crippen molar-refractivity contribution in [3.8, 4) is 0 Å². The molecule has 0 bridgehead atoms. The normalized spacial score (nSPS) is 12.8. The standard InChI is InChI=1S/C14H18N2S/c1-11(17-2)7-15-9-13-10-16-8-12-5-3-4-6-14(12)13/h3-6,8,10-11,15H,7,9H2,1-2H3. The van der Waals surface area contributed by atoms with E-state index in [2.05, 4.69) is 47.7 Å². The van der Waals surface area contributed by atoms with Crippen LogP contribution in [0.25, 0.3) is 10.8 Å². The van der Waals surface area contributed by atoms with Crippen LogP contribution in [-0.4, -0.2) is 23.0 Å². The molecule has 0 aliphatic carbocycles. The van der Waals surface area contributed by atoms with E-state index in [1.165, 1.54) is 16.3 Å². The molecule has 1 heterocycles. The van der Waals surface area contributed by atoms with Gasteiger partial charge in [-0.25, -0.2) is 0 Å². The lowest BCUT2D eigenvalue weighted by Gasteiger charge is -2.11. The fraction of sp³-hybridized carbons (Fsp3) is 0.357. The smallest absolute Gasteiger partial charge is 0.0346 e. The second-order valence-electron chi connectivity index (χ2n) is 4.20. The highest BCUT2D eigenvalue weighted by Crippen LogP contribution is 2.16. The third-order valence-electron chi connectivity index (χ3n) is 2.90. The Morgan fingerprint density at radius 1 is 1.29 bits per heavy atom. The van der Waals surface area contributed by atoms with Crippen molar-refractivity contribution in [2.45, 2.75) is 18.7 Å². The molecule has 1 atom stereocenters. The third kappa shape index (κ3) is 3.20. The third-order valence-corrected chi connectivity index (χ3v) is 3.87. The quantitative estimate of drug-likeness (QED) is 0.877. The van der Waals surface area contributed by atoms with Crippen molar-refractivity contribution >= 4 is 22.5 Å². The van der Waals surface area contributed by atoms with Gasteiger partial charge < -0.3 is 5.32 Å². The van der Waals surface area contributed by atoms with Crippen LogP contribution in [0, 0.1) is 0 Å². The monoisotopic (exact) mass is 246 g/mol. The van der Waals surface area contributed by atoms with Gasteiger partial charge in [0.15, 0.2) is 0 Å². The van der Waals surface area contributed by atoms with Crippen molar-refractivity contribution in [2.24, 2.45) is 0 Å². The first kappa shape index (κ1) is 12.4. The van der Waals surface area contributed by atoms with E-state index in [9.17, 15) is 0 Å². The number of fused-ring (bicyclic) bond motifs is 1. The van der Waals surface area contributed by atoms with Crippen molar-refractivity contribution < 1.29 is 0 Å². The maximum atomic E-state index is 4.29. The van der Waals surface area contributed by atoms with Gasteiger partial charge in [0.1, 0.15) is 0 Å². The van der Waals surface area contributed by atoms with Crippen LogP contribution in [0.2, 0.25) is 0 Å². The fourth-order valence-corrected chi connectivity index (χ4v) is 2.10. The van der Waals surface area contributed by atoms with Gasteiger partial charge in [0.2, 0.25) is 0 Å². The minimum atomic E-state index is 0.651. The van der Waals surface area contributed by atoms with Crippen LogP contribution in [0.4, 0.5) is 0 Å². The summed E-state index contributed by atoms with van der Waals surface area (Å²) in [6.45, 7) is 4.16. The Bertz CT molecular complexity index is 479. The summed E-state index contributed by atoms with van der Waals surface area (Å²) in [5.41, 5.74) is 1.27. The van der Waals surface area contributed by atoms with E-state index in [0.717, 1.165) is 13.1 Å². The highest BCUT2D eigenvalue weighted by molar-refractivity contribution is 7.99. The predicted octanol–water partition coefficient (Wildman–Crippen LogP) is 3.08. The summed E-state index contributed by atoms with van der Waals surface area (Å²) in [5.74, 6) is 0. The summed E-state index contributed by atoms with van der Waals surface area (Å²) in [6.07, 6.45) is 6.02. The van der Waals surface area contributed by atoms with E-state index in [-0.39, 0.29) is 0 Å². The van der Waals surface area contributed by atoms with Gasteiger partial charge >= 0.3 is 0 Å². The summed E-state index contributed by atoms with van der Waals surface area (Å²) in [7, 11) is 0. The van der Waals surface area contributed by atoms with Crippen molar-refractivity contribution in [1.82, 2.24) is 10.3 Å². The van der Waals surface area contributed by atoms with Gasteiger partial charge in [-0.3, -0.25) is 4.98 Å². The number of pyridine rings is 1.